The third-order valence-corrected chi connectivity index (χ3v) is 6.12. The lowest BCUT2D eigenvalue weighted by Gasteiger charge is -2.12. The summed E-state index contributed by atoms with van der Waals surface area (Å²) in [6.45, 7) is -0.0718. The zero-order valence-corrected chi connectivity index (χ0v) is 18.4. The van der Waals surface area contributed by atoms with Gasteiger partial charge in [0.05, 0.1) is 33.0 Å². The van der Waals surface area contributed by atoms with Gasteiger partial charge in [-0.25, -0.2) is 17.9 Å². The first kappa shape index (κ1) is 22.7. The number of ether oxygens (including phenoxy) is 1. The average Bonchev–Trinajstić information content (AvgIpc) is 3.32. The molecule has 0 saturated heterocycles. The van der Waals surface area contributed by atoms with Crippen molar-refractivity contribution in [1.29, 1.82) is 0 Å². The maximum atomic E-state index is 12.8. The van der Waals surface area contributed by atoms with Crippen molar-refractivity contribution in [3.63, 3.8) is 0 Å². The van der Waals surface area contributed by atoms with Crippen molar-refractivity contribution in [2.24, 2.45) is 0 Å². The summed E-state index contributed by atoms with van der Waals surface area (Å²) in [7, 11) is -4.20. The molecule has 34 heavy (non-hydrogen) atoms. The topological polar surface area (TPSA) is 133 Å². The number of nitro groups is 1. The van der Waals surface area contributed by atoms with Gasteiger partial charge in [0.25, 0.3) is 15.7 Å². The summed E-state index contributed by atoms with van der Waals surface area (Å²) in [5.74, 6) is -0.746. The molecule has 1 N–H and O–H groups in total. The number of anilines is 1. The maximum Gasteiger partial charge on any atom is 0.340 e. The van der Waals surface area contributed by atoms with E-state index in [9.17, 15) is 23.3 Å². The van der Waals surface area contributed by atoms with Gasteiger partial charge in [-0.05, 0) is 30.3 Å². The van der Waals surface area contributed by atoms with Crippen LogP contribution in [0, 0.1) is 10.1 Å². The van der Waals surface area contributed by atoms with Gasteiger partial charge in [-0.3, -0.25) is 14.8 Å². The van der Waals surface area contributed by atoms with Crippen LogP contribution in [0.15, 0.2) is 96.2 Å². The third-order valence-electron chi connectivity index (χ3n) is 4.76. The quantitative estimate of drug-likeness (QED) is 0.230. The molecule has 172 valence electrons. The second-order valence-corrected chi connectivity index (χ2v) is 8.79. The number of carbonyl (C=O) groups excluding carboxylic acids is 1. The molecule has 4 aromatic rings. The highest BCUT2D eigenvalue weighted by Crippen LogP contribution is 2.23. The molecule has 0 radical (unpaired) electrons. The standard InChI is InChI=1S/C23H18N4O6S/c28-23(33-16-17-14-24-26(15-17)18-7-2-1-3-8-18)21-11-4-5-12-22(21)25-34(31,32)20-10-6-9-19(13-20)27(29)30/h1-15,25H,16H2. The number of hydrogen-bond donors (Lipinski definition) is 1. The first-order valence-electron chi connectivity index (χ1n) is 9.96. The van der Waals surface area contributed by atoms with Crippen LogP contribution >= 0.6 is 0 Å². The summed E-state index contributed by atoms with van der Waals surface area (Å²) in [6, 6.07) is 20.0. The molecule has 0 amide bonds. The molecule has 0 fully saturated rings. The lowest BCUT2D eigenvalue weighted by atomic mass is 10.2. The van der Waals surface area contributed by atoms with Crippen LogP contribution in [0.4, 0.5) is 11.4 Å². The van der Waals surface area contributed by atoms with Gasteiger partial charge < -0.3 is 4.74 Å². The van der Waals surface area contributed by atoms with Crippen molar-refractivity contribution < 1.29 is 22.9 Å². The summed E-state index contributed by atoms with van der Waals surface area (Å²) in [5.41, 5.74) is 1.10. The number of benzene rings is 3. The summed E-state index contributed by atoms with van der Waals surface area (Å²) in [5, 5.41) is 15.2. The Morgan fingerprint density at radius 3 is 2.53 bits per heavy atom. The fraction of sp³-hybridized carbons (Fsp3) is 0.0435. The SMILES string of the molecule is O=C(OCc1cnn(-c2ccccc2)c1)c1ccccc1NS(=O)(=O)c1cccc([N+](=O)[O-])c1. The Balaban J connectivity index is 1.49. The molecular formula is C23H18N4O6S. The van der Waals surface area contributed by atoms with E-state index < -0.39 is 20.9 Å². The molecule has 1 aromatic heterocycles. The predicted molar refractivity (Wildman–Crippen MR) is 123 cm³/mol. The summed E-state index contributed by atoms with van der Waals surface area (Å²) in [4.78, 5) is 22.7. The number of para-hydroxylation sites is 2. The van der Waals surface area contributed by atoms with Crippen LogP contribution in [0.5, 0.6) is 0 Å². The van der Waals surface area contributed by atoms with Crippen LogP contribution in [0.25, 0.3) is 5.69 Å². The van der Waals surface area contributed by atoms with E-state index in [2.05, 4.69) is 9.82 Å². The monoisotopic (exact) mass is 478 g/mol. The number of carbonyl (C=O) groups is 1. The number of hydrogen-bond acceptors (Lipinski definition) is 7. The van der Waals surface area contributed by atoms with Gasteiger partial charge >= 0.3 is 5.97 Å². The molecule has 0 aliphatic heterocycles. The van der Waals surface area contributed by atoms with Crippen LogP contribution in [0.3, 0.4) is 0 Å². The first-order chi connectivity index (χ1) is 16.3. The Bertz CT molecular complexity index is 1450. The van der Waals surface area contributed by atoms with Crippen LogP contribution < -0.4 is 4.72 Å². The van der Waals surface area contributed by atoms with Crippen molar-refractivity contribution in [2.45, 2.75) is 11.5 Å². The number of esters is 1. The minimum absolute atomic E-state index is 0.00745. The van der Waals surface area contributed by atoms with E-state index in [1.807, 2.05) is 30.3 Å². The van der Waals surface area contributed by atoms with Crippen molar-refractivity contribution in [2.75, 3.05) is 4.72 Å². The first-order valence-corrected chi connectivity index (χ1v) is 11.4. The molecule has 0 aliphatic carbocycles. The Labute approximate surface area is 194 Å². The molecule has 0 unspecified atom stereocenters. The lowest BCUT2D eigenvalue weighted by molar-refractivity contribution is -0.385. The second-order valence-electron chi connectivity index (χ2n) is 7.11. The van der Waals surface area contributed by atoms with Crippen molar-refractivity contribution in [1.82, 2.24) is 9.78 Å². The van der Waals surface area contributed by atoms with Gasteiger partial charge in [-0.2, -0.15) is 5.10 Å². The van der Waals surface area contributed by atoms with E-state index in [1.54, 1.807) is 29.2 Å². The van der Waals surface area contributed by atoms with E-state index >= 15 is 0 Å². The van der Waals surface area contributed by atoms with Crippen LogP contribution in [-0.4, -0.2) is 29.1 Å². The van der Waals surface area contributed by atoms with Crippen LogP contribution in [0.2, 0.25) is 0 Å². The maximum absolute atomic E-state index is 12.8. The molecule has 0 spiro atoms. The summed E-state index contributed by atoms with van der Waals surface area (Å²) in [6.07, 6.45) is 3.29. The Morgan fingerprint density at radius 2 is 1.76 bits per heavy atom. The highest BCUT2D eigenvalue weighted by atomic mass is 32.2. The highest BCUT2D eigenvalue weighted by molar-refractivity contribution is 7.92. The minimum atomic E-state index is -4.20. The molecule has 0 saturated carbocycles. The number of aromatic nitrogens is 2. The predicted octanol–water partition coefficient (Wildman–Crippen LogP) is 3.94. The van der Waals surface area contributed by atoms with E-state index in [4.69, 9.17) is 4.74 Å². The van der Waals surface area contributed by atoms with E-state index in [-0.39, 0.29) is 28.4 Å². The van der Waals surface area contributed by atoms with E-state index in [0.717, 1.165) is 11.8 Å². The Morgan fingerprint density at radius 1 is 1.03 bits per heavy atom. The molecule has 11 heteroatoms. The number of nitrogens with one attached hydrogen (secondary N) is 1. The minimum Gasteiger partial charge on any atom is -0.457 e. The number of nitrogens with zero attached hydrogens (tertiary/aromatic N) is 3. The molecule has 0 atom stereocenters. The van der Waals surface area contributed by atoms with Gasteiger partial charge in [-0.15, -0.1) is 0 Å². The van der Waals surface area contributed by atoms with Crippen LogP contribution in [-0.2, 0) is 21.4 Å². The fourth-order valence-electron chi connectivity index (χ4n) is 3.10. The zero-order valence-electron chi connectivity index (χ0n) is 17.6. The molecule has 4 rings (SSSR count). The molecule has 0 aliphatic rings. The Hall–Kier alpha value is -4.51. The van der Waals surface area contributed by atoms with Gasteiger partial charge in [0, 0.05) is 23.9 Å². The Kier molecular flexibility index (Phi) is 6.37. The average molecular weight is 478 g/mol. The summed E-state index contributed by atoms with van der Waals surface area (Å²) >= 11 is 0. The largest absolute Gasteiger partial charge is 0.457 e. The van der Waals surface area contributed by atoms with Crippen molar-refractivity contribution in [3.05, 3.63) is 112 Å². The molecule has 1 heterocycles. The molecule has 3 aromatic carbocycles. The number of non-ortho nitro benzene ring substituents is 1. The van der Waals surface area contributed by atoms with Crippen molar-refractivity contribution in [3.8, 4) is 5.69 Å². The molecule has 10 nitrogen and oxygen atoms in total. The van der Waals surface area contributed by atoms with E-state index in [1.165, 1.54) is 30.3 Å². The number of rotatable bonds is 8. The van der Waals surface area contributed by atoms with E-state index in [0.29, 0.717) is 5.56 Å². The highest BCUT2D eigenvalue weighted by Gasteiger charge is 2.21. The zero-order chi connectivity index (χ0) is 24.1. The normalized spacial score (nSPS) is 11.1. The number of sulfonamides is 1. The van der Waals surface area contributed by atoms with Gasteiger partial charge in [0.1, 0.15) is 6.61 Å². The van der Waals surface area contributed by atoms with Gasteiger partial charge in [0.15, 0.2) is 0 Å². The summed E-state index contributed by atoms with van der Waals surface area (Å²) < 4.78 is 34.9. The van der Waals surface area contributed by atoms with Crippen LogP contribution in [0.1, 0.15) is 15.9 Å². The van der Waals surface area contributed by atoms with Crippen molar-refractivity contribution >= 4 is 27.4 Å². The molecule has 0 bridgehead atoms. The second kappa shape index (κ2) is 9.55. The third kappa shape index (κ3) is 5.10. The van der Waals surface area contributed by atoms with Gasteiger partial charge in [0.2, 0.25) is 0 Å². The lowest BCUT2D eigenvalue weighted by Crippen LogP contribution is -2.16. The molecular weight excluding hydrogens is 460 g/mol. The fourth-order valence-corrected chi connectivity index (χ4v) is 4.22. The van der Waals surface area contributed by atoms with Gasteiger partial charge in [-0.1, -0.05) is 36.4 Å². The number of nitro benzene ring substituents is 1. The smallest absolute Gasteiger partial charge is 0.340 e.